The van der Waals surface area contributed by atoms with E-state index in [1.807, 2.05) is 13.2 Å². The van der Waals surface area contributed by atoms with Crippen molar-refractivity contribution in [3.8, 4) is 0 Å². The van der Waals surface area contributed by atoms with Crippen molar-refractivity contribution in [2.45, 2.75) is 24.8 Å². The molecule has 0 aromatic carbocycles. The molecule has 0 fully saturated rings. The van der Waals surface area contributed by atoms with Crippen LogP contribution in [0.2, 0.25) is 0 Å². The molecule has 1 aromatic rings. The number of tetrazole rings is 1. The number of aromatic nitrogens is 4. The molecule has 2 atom stereocenters. The third kappa shape index (κ3) is 3.78. The summed E-state index contributed by atoms with van der Waals surface area (Å²) in [7, 11) is 0. The fraction of sp³-hybridized carbons (Fsp3) is 0.750. The highest BCUT2D eigenvalue weighted by Crippen LogP contribution is 2.09. The molecule has 16 heavy (non-hydrogen) atoms. The molecule has 0 aliphatic heterocycles. The fourth-order valence-corrected chi connectivity index (χ4v) is 1.85. The number of aliphatic hydroxyl groups is 1. The smallest absolute Gasteiger partial charge is 0.242 e. The maximum absolute atomic E-state index is 11.5. The van der Waals surface area contributed by atoms with E-state index in [1.54, 1.807) is 0 Å². The van der Waals surface area contributed by atoms with Crippen molar-refractivity contribution in [3.05, 3.63) is 6.33 Å². The van der Waals surface area contributed by atoms with Crippen LogP contribution in [0.5, 0.6) is 0 Å². The second kappa shape index (κ2) is 6.44. The summed E-state index contributed by atoms with van der Waals surface area (Å²) in [5.41, 5.74) is 0. The molecule has 0 radical (unpaired) electrons. The third-order valence-corrected chi connectivity index (χ3v) is 3.29. The highest BCUT2D eigenvalue weighted by Gasteiger charge is 2.17. The highest BCUT2D eigenvalue weighted by atomic mass is 32.2. The first-order valence-electron chi connectivity index (χ1n) is 4.81. The fourth-order valence-electron chi connectivity index (χ4n) is 1.23. The molecule has 0 saturated carbocycles. The zero-order valence-corrected chi connectivity index (χ0v) is 10.0. The number of aliphatic hydroxyl groups excluding tert-OH is 1. The van der Waals surface area contributed by atoms with Gasteiger partial charge < -0.3 is 10.4 Å². The summed E-state index contributed by atoms with van der Waals surface area (Å²) in [6.45, 7) is 1.98. The summed E-state index contributed by atoms with van der Waals surface area (Å²) in [5, 5.41) is 22.3. The molecule has 0 saturated heterocycles. The standard InChI is InChI=1S/C8H15N5O2S/c1-6(7(4-14)16-2)10-8(15)3-13-5-9-11-12-13/h5-7,14H,3-4H2,1-2H3,(H,10,15). The highest BCUT2D eigenvalue weighted by molar-refractivity contribution is 7.99. The van der Waals surface area contributed by atoms with Gasteiger partial charge >= 0.3 is 0 Å². The van der Waals surface area contributed by atoms with Crippen molar-refractivity contribution >= 4 is 17.7 Å². The molecule has 2 unspecified atom stereocenters. The molecule has 90 valence electrons. The Morgan fingerprint density at radius 1 is 1.69 bits per heavy atom. The Kier molecular flexibility index (Phi) is 5.20. The Morgan fingerprint density at radius 2 is 2.44 bits per heavy atom. The molecule has 7 nitrogen and oxygen atoms in total. The van der Waals surface area contributed by atoms with E-state index in [9.17, 15) is 4.79 Å². The number of nitrogens with zero attached hydrogens (tertiary/aromatic N) is 4. The quantitative estimate of drug-likeness (QED) is 0.661. The molecular weight excluding hydrogens is 230 g/mol. The van der Waals surface area contributed by atoms with Gasteiger partial charge in [0.05, 0.1) is 6.61 Å². The molecule has 1 aromatic heterocycles. The SMILES string of the molecule is CSC(CO)C(C)NC(=O)Cn1cnnn1. The first kappa shape index (κ1) is 12.9. The summed E-state index contributed by atoms with van der Waals surface area (Å²) in [5.74, 6) is -0.174. The van der Waals surface area contributed by atoms with Crippen LogP contribution >= 0.6 is 11.8 Å². The van der Waals surface area contributed by atoms with Gasteiger partial charge in [0.25, 0.3) is 0 Å². The molecule has 1 heterocycles. The lowest BCUT2D eigenvalue weighted by Gasteiger charge is -2.21. The van der Waals surface area contributed by atoms with Crippen molar-refractivity contribution in [2.24, 2.45) is 0 Å². The lowest BCUT2D eigenvalue weighted by molar-refractivity contribution is -0.122. The maximum Gasteiger partial charge on any atom is 0.242 e. The molecule has 0 bridgehead atoms. The van der Waals surface area contributed by atoms with Crippen molar-refractivity contribution in [1.82, 2.24) is 25.5 Å². The normalized spacial score (nSPS) is 14.4. The Hall–Kier alpha value is -1.15. The van der Waals surface area contributed by atoms with Gasteiger partial charge in [0, 0.05) is 11.3 Å². The number of rotatable bonds is 6. The Labute approximate surface area is 97.6 Å². The first-order valence-corrected chi connectivity index (χ1v) is 6.10. The molecule has 0 spiro atoms. The molecule has 0 aliphatic carbocycles. The van der Waals surface area contributed by atoms with Gasteiger partial charge in [0.2, 0.25) is 5.91 Å². The number of carbonyl (C=O) groups excluding carboxylic acids is 1. The summed E-state index contributed by atoms with van der Waals surface area (Å²) in [4.78, 5) is 11.5. The number of thioether (sulfide) groups is 1. The van der Waals surface area contributed by atoms with Gasteiger partial charge in [0.1, 0.15) is 12.9 Å². The van der Waals surface area contributed by atoms with Crippen LogP contribution in [0.3, 0.4) is 0 Å². The van der Waals surface area contributed by atoms with Gasteiger partial charge in [-0.3, -0.25) is 4.79 Å². The van der Waals surface area contributed by atoms with Gasteiger partial charge in [0.15, 0.2) is 0 Å². The third-order valence-electron chi connectivity index (χ3n) is 2.13. The zero-order valence-electron chi connectivity index (χ0n) is 9.20. The van der Waals surface area contributed by atoms with Crippen LogP contribution < -0.4 is 5.32 Å². The van der Waals surface area contributed by atoms with Gasteiger partial charge in [-0.25, -0.2) is 4.68 Å². The number of hydrogen-bond donors (Lipinski definition) is 2. The van der Waals surface area contributed by atoms with E-state index in [2.05, 4.69) is 20.8 Å². The van der Waals surface area contributed by atoms with Crippen LogP contribution in [0.1, 0.15) is 6.92 Å². The van der Waals surface area contributed by atoms with Gasteiger partial charge in [-0.2, -0.15) is 11.8 Å². The summed E-state index contributed by atoms with van der Waals surface area (Å²) >= 11 is 1.52. The number of amides is 1. The van der Waals surface area contributed by atoms with Crippen LogP contribution in [0.15, 0.2) is 6.33 Å². The van der Waals surface area contributed by atoms with E-state index in [1.165, 1.54) is 22.8 Å². The van der Waals surface area contributed by atoms with E-state index in [0.29, 0.717) is 0 Å². The Morgan fingerprint density at radius 3 is 2.94 bits per heavy atom. The van der Waals surface area contributed by atoms with Crippen LogP contribution in [0, 0.1) is 0 Å². The molecule has 1 rings (SSSR count). The molecule has 8 heteroatoms. The predicted octanol–water partition coefficient (Wildman–Crippen LogP) is -1.10. The molecule has 1 amide bonds. The lowest BCUT2D eigenvalue weighted by atomic mass is 10.2. The number of hydrogen-bond acceptors (Lipinski definition) is 6. The van der Waals surface area contributed by atoms with E-state index in [0.717, 1.165) is 0 Å². The maximum atomic E-state index is 11.5. The van der Waals surface area contributed by atoms with E-state index < -0.39 is 0 Å². The van der Waals surface area contributed by atoms with Crippen molar-refractivity contribution < 1.29 is 9.90 Å². The van der Waals surface area contributed by atoms with Crippen LogP contribution in [0.4, 0.5) is 0 Å². The second-order valence-corrected chi connectivity index (χ2v) is 4.40. The largest absolute Gasteiger partial charge is 0.395 e. The van der Waals surface area contributed by atoms with E-state index in [-0.39, 0.29) is 30.4 Å². The predicted molar refractivity (Wildman–Crippen MR) is 59.8 cm³/mol. The minimum atomic E-state index is -0.174. The van der Waals surface area contributed by atoms with E-state index in [4.69, 9.17) is 5.11 Å². The zero-order chi connectivity index (χ0) is 12.0. The van der Waals surface area contributed by atoms with Crippen LogP contribution in [0.25, 0.3) is 0 Å². The number of carbonyl (C=O) groups is 1. The van der Waals surface area contributed by atoms with Crippen LogP contribution in [-0.4, -0.2) is 55.4 Å². The average Bonchev–Trinajstić information content (AvgIpc) is 2.71. The number of nitrogens with one attached hydrogen (secondary N) is 1. The van der Waals surface area contributed by atoms with Crippen molar-refractivity contribution in [1.29, 1.82) is 0 Å². The molecule has 0 aliphatic rings. The first-order chi connectivity index (χ1) is 7.67. The second-order valence-electron chi connectivity index (χ2n) is 3.32. The van der Waals surface area contributed by atoms with Crippen molar-refractivity contribution in [3.63, 3.8) is 0 Å². The minimum Gasteiger partial charge on any atom is -0.395 e. The topological polar surface area (TPSA) is 92.9 Å². The summed E-state index contributed by atoms with van der Waals surface area (Å²) in [6.07, 6.45) is 3.27. The van der Waals surface area contributed by atoms with Gasteiger partial charge in [-0.15, -0.1) is 5.10 Å². The van der Waals surface area contributed by atoms with Gasteiger partial charge in [-0.1, -0.05) is 0 Å². The molecular formula is C8H15N5O2S. The Bertz CT molecular complexity index is 314. The Balaban J connectivity index is 2.39. The van der Waals surface area contributed by atoms with Crippen LogP contribution in [-0.2, 0) is 11.3 Å². The van der Waals surface area contributed by atoms with E-state index >= 15 is 0 Å². The van der Waals surface area contributed by atoms with Gasteiger partial charge in [-0.05, 0) is 23.6 Å². The minimum absolute atomic E-state index is 0.00202. The lowest BCUT2D eigenvalue weighted by Crippen LogP contribution is -2.42. The summed E-state index contributed by atoms with van der Waals surface area (Å²) < 4.78 is 1.34. The molecule has 2 N–H and O–H groups in total. The monoisotopic (exact) mass is 245 g/mol. The average molecular weight is 245 g/mol. The summed E-state index contributed by atoms with van der Waals surface area (Å²) in [6, 6.07) is -0.0935. The van der Waals surface area contributed by atoms with Crippen molar-refractivity contribution in [2.75, 3.05) is 12.9 Å².